The first-order valence-electron chi connectivity index (χ1n) is 5.37. The van der Waals surface area contributed by atoms with Gasteiger partial charge >= 0.3 is 0 Å². The third kappa shape index (κ3) is 8.01. The molecule has 1 nitrogen and oxygen atoms in total. The van der Waals surface area contributed by atoms with Crippen LogP contribution in [0.15, 0.2) is 0 Å². The standard InChI is InChI=1S/C12H24O/c1-6-7-11(13)8-10(2)9-12(3,4)5/h10H,6-9H2,1-5H3. The minimum atomic E-state index is 0.353. The van der Waals surface area contributed by atoms with E-state index in [1.54, 1.807) is 0 Å². The van der Waals surface area contributed by atoms with Crippen LogP contribution < -0.4 is 0 Å². The molecule has 0 aromatic heterocycles. The number of carbonyl (C=O) groups is 1. The molecule has 0 aliphatic heterocycles. The molecule has 0 aromatic carbocycles. The van der Waals surface area contributed by atoms with E-state index in [0.29, 0.717) is 17.1 Å². The number of Topliss-reactive ketones (excluding diaryl/α,β-unsaturated/α-hetero) is 1. The summed E-state index contributed by atoms with van der Waals surface area (Å²) in [4.78, 5) is 11.3. The Kier molecular flexibility index (Phi) is 5.27. The van der Waals surface area contributed by atoms with Gasteiger partial charge in [0.05, 0.1) is 0 Å². The zero-order chi connectivity index (χ0) is 10.5. The van der Waals surface area contributed by atoms with Crippen molar-refractivity contribution in [3.8, 4) is 0 Å². The molecule has 0 aromatic rings. The van der Waals surface area contributed by atoms with E-state index in [0.717, 1.165) is 25.7 Å². The normalized spacial score (nSPS) is 14.2. The lowest BCUT2D eigenvalue weighted by Crippen LogP contribution is -2.14. The summed E-state index contributed by atoms with van der Waals surface area (Å²) in [6.07, 6.45) is 3.66. The van der Waals surface area contributed by atoms with E-state index in [1.807, 2.05) is 0 Å². The van der Waals surface area contributed by atoms with Crippen LogP contribution in [-0.2, 0) is 4.79 Å². The van der Waals surface area contributed by atoms with Crippen molar-refractivity contribution in [3.05, 3.63) is 0 Å². The fraction of sp³-hybridized carbons (Fsp3) is 0.917. The second-order valence-corrected chi connectivity index (χ2v) is 5.36. The van der Waals surface area contributed by atoms with Crippen LogP contribution in [0.5, 0.6) is 0 Å². The first-order chi connectivity index (χ1) is 5.85. The Morgan fingerprint density at radius 3 is 2.23 bits per heavy atom. The Hall–Kier alpha value is -0.330. The fourth-order valence-corrected chi connectivity index (χ4v) is 1.89. The maximum absolute atomic E-state index is 11.3. The molecule has 0 saturated heterocycles. The maximum Gasteiger partial charge on any atom is 0.133 e. The quantitative estimate of drug-likeness (QED) is 0.635. The molecule has 13 heavy (non-hydrogen) atoms. The highest BCUT2D eigenvalue weighted by Crippen LogP contribution is 2.26. The van der Waals surface area contributed by atoms with E-state index in [9.17, 15) is 4.79 Å². The monoisotopic (exact) mass is 184 g/mol. The second-order valence-electron chi connectivity index (χ2n) is 5.36. The number of carbonyl (C=O) groups excluding carboxylic acids is 1. The lowest BCUT2D eigenvalue weighted by atomic mass is 9.83. The van der Waals surface area contributed by atoms with Crippen LogP contribution in [-0.4, -0.2) is 5.78 Å². The van der Waals surface area contributed by atoms with Gasteiger partial charge in [0.25, 0.3) is 0 Å². The molecular weight excluding hydrogens is 160 g/mol. The first-order valence-corrected chi connectivity index (χ1v) is 5.37. The molecule has 0 amide bonds. The summed E-state index contributed by atoms with van der Waals surface area (Å²) >= 11 is 0. The Bertz CT molecular complexity index is 153. The molecule has 0 heterocycles. The van der Waals surface area contributed by atoms with Gasteiger partial charge in [0, 0.05) is 12.8 Å². The summed E-state index contributed by atoms with van der Waals surface area (Å²) in [5, 5.41) is 0. The summed E-state index contributed by atoms with van der Waals surface area (Å²) in [6.45, 7) is 10.9. The molecule has 0 rings (SSSR count). The molecule has 0 N–H and O–H groups in total. The van der Waals surface area contributed by atoms with Gasteiger partial charge in [0.2, 0.25) is 0 Å². The number of rotatable bonds is 5. The molecule has 0 radical (unpaired) electrons. The molecule has 0 spiro atoms. The highest BCUT2D eigenvalue weighted by atomic mass is 16.1. The largest absolute Gasteiger partial charge is 0.300 e. The van der Waals surface area contributed by atoms with Gasteiger partial charge in [-0.3, -0.25) is 4.79 Å². The summed E-state index contributed by atoms with van der Waals surface area (Å²) in [7, 11) is 0. The molecule has 0 aliphatic carbocycles. The van der Waals surface area contributed by atoms with Crippen molar-refractivity contribution in [2.45, 2.75) is 60.3 Å². The molecule has 0 fully saturated rings. The molecule has 0 bridgehead atoms. The average molecular weight is 184 g/mol. The SMILES string of the molecule is CCCC(=O)CC(C)CC(C)(C)C. The third-order valence-electron chi connectivity index (χ3n) is 2.07. The molecule has 1 atom stereocenters. The topological polar surface area (TPSA) is 17.1 Å². The van der Waals surface area contributed by atoms with Crippen molar-refractivity contribution in [1.29, 1.82) is 0 Å². The lowest BCUT2D eigenvalue weighted by molar-refractivity contribution is -0.120. The first kappa shape index (κ1) is 12.7. The van der Waals surface area contributed by atoms with Crippen LogP contribution in [0.25, 0.3) is 0 Å². The summed E-state index contributed by atoms with van der Waals surface area (Å²) < 4.78 is 0. The van der Waals surface area contributed by atoms with Crippen molar-refractivity contribution >= 4 is 5.78 Å². The zero-order valence-corrected chi connectivity index (χ0v) is 9.81. The van der Waals surface area contributed by atoms with Gasteiger partial charge in [-0.25, -0.2) is 0 Å². The van der Waals surface area contributed by atoms with Gasteiger partial charge in [-0.15, -0.1) is 0 Å². The highest BCUT2D eigenvalue weighted by molar-refractivity contribution is 5.78. The smallest absolute Gasteiger partial charge is 0.133 e. The average Bonchev–Trinajstić information content (AvgIpc) is 1.81. The van der Waals surface area contributed by atoms with Gasteiger partial charge in [-0.05, 0) is 24.2 Å². The van der Waals surface area contributed by atoms with Crippen LogP contribution in [0.2, 0.25) is 0 Å². The van der Waals surface area contributed by atoms with E-state index in [-0.39, 0.29) is 0 Å². The highest BCUT2D eigenvalue weighted by Gasteiger charge is 2.17. The van der Waals surface area contributed by atoms with Crippen molar-refractivity contribution in [1.82, 2.24) is 0 Å². The third-order valence-corrected chi connectivity index (χ3v) is 2.07. The Morgan fingerprint density at radius 2 is 1.85 bits per heavy atom. The van der Waals surface area contributed by atoms with Crippen LogP contribution in [0, 0.1) is 11.3 Å². The molecule has 0 aliphatic rings. The van der Waals surface area contributed by atoms with Crippen molar-refractivity contribution in [3.63, 3.8) is 0 Å². The number of hydrogen-bond acceptors (Lipinski definition) is 1. The van der Waals surface area contributed by atoms with E-state index in [2.05, 4.69) is 34.6 Å². The molecular formula is C12H24O. The van der Waals surface area contributed by atoms with E-state index >= 15 is 0 Å². The van der Waals surface area contributed by atoms with Crippen molar-refractivity contribution < 1.29 is 4.79 Å². The van der Waals surface area contributed by atoms with E-state index in [4.69, 9.17) is 0 Å². The summed E-state index contributed by atoms with van der Waals surface area (Å²) in [6, 6.07) is 0. The van der Waals surface area contributed by atoms with Gasteiger partial charge in [-0.2, -0.15) is 0 Å². The molecule has 1 heteroatoms. The lowest BCUT2D eigenvalue weighted by Gasteiger charge is -2.22. The van der Waals surface area contributed by atoms with Crippen molar-refractivity contribution in [2.24, 2.45) is 11.3 Å². The van der Waals surface area contributed by atoms with E-state index in [1.165, 1.54) is 0 Å². The second kappa shape index (κ2) is 5.41. The van der Waals surface area contributed by atoms with Gasteiger partial charge < -0.3 is 0 Å². The summed E-state index contributed by atoms with van der Waals surface area (Å²) in [5.41, 5.74) is 0.353. The van der Waals surface area contributed by atoms with Crippen LogP contribution in [0.1, 0.15) is 60.3 Å². The zero-order valence-electron chi connectivity index (χ0n) is 9.81. The van der Waals surface area contributed by atoms with E-state index < -0.39 is 0 Å². The summed E-state index contributed by atoms with van der Waals surface area (Å²) in [5.74, 6) is 0.971. The van der Waals surface area contributed by atoms with Gasteiger partial charge in [-0.1, -0.05) is 34.6 Å². The minimum absolute atomic E-state index is 0.353. The maximum atomic E-state index is 11.3. The van der Waals surface area contributed by atoms with Gasteiger partial charge in [0.1, 0.15) is 5.78 Å². The predicted molar refractivity (Wildman–Crippen MR) is 57.8 cm³/mol. The fourth-order valence-electron chi connectivity index (χ4n) is 1.89. The molecule has 1 unspecified atom stereocenters. The number of ketones is 1. The Labute approximate surface area is 82.9 Å². The predicted octanol–water partition coefficient (Wildman–Crippen LogP) is 3.82. The molecule has 78 valence electrons. The van der Waals surface area contributed by atoms with Crippen LogP contribution in [0.3, 0.4) is 0 Å². The Balaban J connectivity index is 3.74. The number of hydrogen-bond donors (Lipinski definition) is 0. The van der Waals surface area contributed by atoms with Crippen molar-refractivity contribution in [2.75, 3.05) is 0 Å². The molecule has 0 saturated carbocycles. The van der Waals surface area contributed by atoms with Crippen LogP contribution >= 0.6 is 0 Å². The minimum Gasteiger partial charge on any atom is -0.300 e. The Morgan fingerprint density at radius 1 is 1.31 bits per heavy atom. The van der Waals surface area contributed by atoms with Gasteiger partial charge in [0.15, 0.2) is 0 Å². The van der Waals surface area contributed by atoms with Crippen LogP contribution in [0.4, 0.5) is 0 Å².